The SMILES string of the molecule is O=C(C=Cc1ccsc1)c1cccs1. The summed E-state index contributed by atoms with van der Waals surface area (Å²) in [5.74, 6) is 0.0752. The van der Waals surface area contributed by atoms with Crippen molar-refractivity contribution < 1.29 is 4.79 Å². The third-order valence-electron chi connectivity index (χ3n) is 1.73. The summed E-state index contributed by atoms with van der Waals surface area (Å²) >= 11 is 3.10. The summed E-state index contributed by atoms with van der Waals surface area (Å²) in [5, 5.41) is 5.92. The van der Waals surface area contributed by atoms with E-state index in [1.54, 1.807) is 17.4 Å². The molecule has 2 heterocycles. The van der Waals surface area contributed by atoms with E-state index in [4.69, 9.17) is 0 Å². The summed E-state index contributed by atoms with van der Waals surface area (Å²) in [5.41, 5.74) is 1.08. The molecule has 0 saturated heterocycles. The van der Waals surface area contributed by atoms with Crippen molar-refractivity contribution in [1.29, 1.82) is 0 Å². The maximum Gasteiger partial charge on any atom is 0.195 e. The van der Waals surface area contributed by atoms with E-state index in [0.717, 1.165) is 10.4 Å². The number of carbonyl (C=O) groups is 1. The van der Waals surface area contributed by atoms with Gasteiger partial charge in [-0.3, -0.25) is 4.79 Å². The maximum atomic E-state index is 11.5. The van der Waals surface area contributed by atoms with Crippen LogP contribution in [0, 0.1) is 0 Å². The number of rotatable bonds is 3. The largest absolute Gasteiger partial charge is 0.288 e. The smallest absolute Gasteiger partial charge is 0.195 e. The van der Waals surface area contributed by atoms with Gasteiger partial charge in [0.05, 0.1) is 4.88 Å². The first-order chi connectivity index (χ1) is 6.86. The minimum Gasteiger partial charge on any atom is -0.288 e. The van der Waals surface area contributed by atoms with Crippen LogP contribution in [0.3, 0.4) is 0 Å². The van der Waals surface area contributed by atoms with Crippen LogP contribution in [0.5, 0.6) is 0 Å². The number of hydrogen-bond acceptors (Lipinski definition) is 3. The van der Waals surface area contributed by atoms with E-state index in [1.165, 1.54) is 11.3 Å². The summed E-state index contributed by atoms with van der Waals surface area (Å²) in [4.78, 5) is 12.3. The van der Waals surface area contributed by atoms with Gasteiger partial charge >= 0.3 is 0 Å². The molecular weight excluding hydrogens is 212 g/mol. The molecule has 0 spiro atoms. The third-order valence-corrected chi connectivity index (χ3v) is 3.32. The average Bonchev–Trinajstić information content (AvgIpc) is 2.87. The Bertz CT molecular complexity index is 424. The third kappa shape index (κ3) is 2.19. The molecule has 0 aliphatic carbocycles. The lowest BCUT2D eigenvalue weighted by molar-refractivity contribution is 0.105. The topological polar surface area (TPSA) is 17.1 Å². The van der Waals surface area contributed by atoms with Gasteiger partial charge in [0.15, 0.2) is 5.78 Å². The fourth-order valence-corrected chi connectivity index (χ4v) is 2.32. The van der Waals surface area contributed by atoms with Gasteiger partial charge in [-0.05, 0) is 39.9 Å². The van der Waals surface area contributed by atoms with Crippen LogP contribution >= 0.6 is 22.7 Å². The van der Waals surface area contributed by atoms with E-state index in [0.29, 0.717) is 0 Å². The standard InChI is InChI=1S/C11H8OS2/c12-10(11-2-1-6-14-11)4-3-9-5-7-13-8-9/h1-8H. The molecule has 0 bridgehead atoms. The molecule has 0 atom stereocenters. The van der Waals surface area contributed by atoms with Crippen molar-refractivity contribution in [2.45, 2.75) is 0 Å². The van der Waals surface area contributed by atoms with Crippen molar-refractivity contribution in [2.75, 3.05) is 0 Å². The van der Waals surface area contributed by atoms with Crippen molar-refractivity contribution in [3.63, 3.8) is 0 Å². The minimum atomic E-state index is 0.0752. The first kappa shape index (κ1) is 9.37. The molecule has 0 saturated carbocycles. The van der Waals surface area contributed by atoms with Crippen LogP contribution in [0.2, 0.25) is 0 Å². The Labute approximate surface area is 90.3 Å². The van der Waals surface area contributed by atoms with Crippen LogP contribution in [0.15, 0.2) is 40.4 Å². The monoisotopic (exact) mass is 220 g/mol. The lowest BCUT2D eigenvalue weighted by Crippen LogP contribution is -1.87. The van der Waals surface area contributed by atoms with Gasteiger partial charge in [-0.15, -0.1) is 11.3 Å². The molecular formula is C11H8OS2. The Morgan fingerprint density at radius 1 is 1.29 bits per heavy atom. The molecule has 0 N–H and O–H groups in total. The maximum absolute atomic E-state index is 11.5. The average molecular weight is 220 g/mol. The number of carbonyl (C=O) groups excluding carboxylic acids is 1. The summed E-state index contributed by atoms with van der Waals surface area (Å²) in [7, 11) is 0. The summed E-state index contributed by atoms with van der Waals surface area (Å²) in [6.45, 7) is 0. The van der Waals surface area contributed by atoms with E-state index in [9.17, 15) is 4.79 Å². The molecule has 0 aliphatic rings. The first-order valence-electron chi connectivity index (χ1n) is 4.14. The normalized spacial score (nSPS) is 10.9. The second kappa shape index (κ2) is 4.35. The second-order valence-electron chi connectivity index (χ2n) is 2.73. The van der Waals surface area contributed by atoms with Gasteiger partial charge in [-0.25, -0.2) is 0 Å². The molecule has 1 nitrogen and oxygen atoms in total. The van der Waals surface area contributed by atoms with Crippen molar-refractivity contribution in [3.05, 3.63) is 50.9 Å². The van der Waals surface area contributed by atoms with Crippen LogP contribution in [0.25, 0.3) is 6.08 Å². The van der Waals surface area contributed by atoms with Gasteiger partial charge in [0.25, 0.3) is 0 Å². The van der Waals surface area contributed by atoms with E-state index in [-0.39, 0.29) is 5.78 Å². The van der Waals surface area contributed by atoms with E-state index >= 15 is 0 Å². The van der Waals surface area contributed by atoms with Crippen LogP contribution in [0.4, 0.5) is 0 Å². The van der Waals surface area contributed by atoms with E-state index < -0.39 is 0 Å². The molecule has 0 aliphatic heterocycles. The molecule has 0 amide bonds. The quantitative estimate of drug-likeness (QED) is 0.569. The Morgan fingerprint density at radius 3 is 2.86 bits per heavy atom. The molecule has 0 radical (unpaired) electrons. The van der Waals surface area contributed by atoms with Crippen LogP contribution in [0.1, 0.15) is 15.2 Å². The fraction of sp³-hybridized carbons (Fsp3) is 0. The predicted octanol–water partition coefficient (Wildman–Crippen LogP) is 3.71. The molecule has 2 rings (SSSR count). The molecule has 0 fully saturated rings. The Kier molecular flexibility index (Phi) is 2.91. The van der Waals surface area contributed by atoms with E-state index in [1.807, 2.05) is 40.4 Å². The van der Waals surface area contributed by atoms with Crippen molar-refractivity contribution in [2.24, 2.45) is 0 Å². The van der Waals surface area contributed by atoms with Gasteiger partial charge in [0, 0.05) is 0 Å². The number of thiophene rings is 2. The zero-order valence-electron chi connectivity index (χ0n) is 7.34. The Morgan fingerprint density at radius 2 is 2.21 bits per heavy atom. The second-order valence-corrected chi connectivity index (χ2v) is 4.46. The summed E-state index contributed by atoms with van der Waals surface area (Å²) < 4.78 is 0. The lowest BCUT2D eigenvalue weighted by Gasteiger charge is -1.86. The van der Waals surface area contributed by atoms with Gasteiger partial charge in [0.2, 0.25) is 0 Å². The van der Waals surface area contributed by atoms with Crippen LogP contribution in [-0.2, 0) is 0 Å². The summed E-state index contributed by atoms with van der Waals surface area (Å²) in [6, 6.07) is 5.71. The van der Waals surface area contributed by atoms with Gasteiger partial charge < -0.3 is 0 Å². The number of ketones is 1. The fourth-order valence-electron chi connectivity index (χ4n) is 1.04. The minimum absolute atomic E-state index is 0.0752. The van der Waals surface area contributed by atoms with Crippen molar-refractivity contribution in [3.8, 4) is 0 Å². The lowest BCUT2D eigenvalue weighted by atomic mass is 10.2. The highest BCUT2D eigenvalue weighted by molar-refractivity contribution is 7.12. The predicted molar refractivity (Wildman–Crippen MR) is 62.0 cm³/mol. The Hall–Kier alpha value is -1.19. The summed E-state index contributed by atoms with van der Waals surface area (Å²) in [6.07, 6.45) is 3.46. The molecule has 0 unspecified atom stereocenters. The zero-order valence-corrected chi connectivity index (χ0v) is 8.98. The van der Waals surface area contributed by atoms with Crippen LogP contribution < -0.4 is 0 Å². The highest BCUT2D eigenvalue weighted by atomic mass is 32.1. The molecule has 0 aromatic carbocycles. The molecule has 2 aromatic heterocycles. The highest BCUT2D eigenvalue weighted by Gasteiger charge is 2.00. The molecule has 14 heavy (non-hydrogen) atoms. The van der Waals surface area contributed by atoms with Gasteiger partial charge in [0.1, 0.15) is 0 Å². The Balaban J connectivity index is 2.09. The van der Waals surface area contributed by atoms with Gasteiger partial charge in [-0.1, -0.05) is 12.1 Å². The molecule has 2 aromatic rings. The van der Waals surface area contributed by atoms with Crippen molar-refractivity contribution in [1.82, 2.24) is 0 Å². The highest BCUT2D eigenvalue weighted by Crippen LogP contribution is 2.12. The number of allylic oxidation sites excluding steroid dienone is 1. The van der Waals surface area contributed by atoms with Crippen LogP contribution in [-0.4, -0.2) is 5.78 Å². The zero-order chi connectivity index (χ0) is 9.80. The number of hydrogen-bond donors (Lipinski definition) is 0. The van der Waals surface area contributed by atoms with E-state index in [2.05, 4.69) is 0 Å². The molecule has 3 heteroatoms. The first-order valence-corrected chi connectivity index (χ1v) is 5.96. The van der Waals surface area contributed by atoms with Gasteiger partial charge in [-0.2, -0.15) is 11.3 Å². The van der Waals surface area contributed by atoms with Crippen molar-refractivity contribution >= 4 is 34.5 Å². The molecule has 70 valence electrons.